The van der Waals surface area contributed by atoms with E-state index >= 15 is 0 Å². The molecule has 0 heterocycles. The van der Waals surface area contributed by atoms with Crippen LogP contribution in [-0.4, -0.2) is 29.6 Å². The summed E-state index contributed by atoms with van der Waals surface area (Å²) in [6.45, 7) is 1.07. The van der Waals surface area contributed by atoms with Gasteiger partial charge in [0.05, 0.1) is 7.11 Å². The Bertz CT molecular complexity index is 674. The molecule has 0 atom stereocenters. The van der Waals surface area contributed by atoms with Crippen molar-refractivity contribution in [2.45, 2.75) is 13.0 Å². The van der Waals surface area contributed by atoms with Crippen molar-refractivity contribution in [1.29, 1.82) is 0 Å². The van der Waals surface area contributed by atoms with E-state index < -0.39 is 0 Å². The van der Waals surface area contributed by atoms with Crippen LogP contribution in [0.25, 0.3) is 0 Å². The molecule has 24 heavy (non-hydrogen) atoms. The highest BCUT2D eigenvalue weighted by atomic mass is 32.1. The largest absolute Gasteiger partial charge is 0.497 e. The Morgan fingerprint density at radius 3 is 2.42 bits per heavy atom. The van der Waals surface area contributed by atoms with E-state index in [4.69, 9.17) is 22.7 Å². The van der Waals surface area contributed by atoms with Crippen LogP contribution in [0, 0.1) is 0 Å². The van der Waals surface area contributed by atoms with E-state index in [1.54, 1.807) is 7.11 Å². The molecule has 0 radical (unpaired) electrons. The van der Waals surface area contributed by atoms with Gasteiger partial charge in [0.15, 0.2) is 5.11 Å². The lowest BCUT2D eigenvalue weighted by atomic mass is 10.2. The number of hydrogen-bond donors (Lipinski definition) is 2. The predicted molar refractivity (Wildman–Crippen MR) is 99.9 cm³/mol. The fraction of sp³-hybridized carbons (Fsp3) is 0.222. The molecule has 0 unspecified atom stereocenters. The molecule has 2 rings (SSSR count). The van der Waals surface area contributed by atoms with Crippen LogP contribution < -0.4 is 15.8 Å². The van der Waals surface area contributed by atoms with Crippen LogP contribution in [0.15, 0.2) is 54.6 Å². The predicted octanol–water partition coefficient (Wildman–Crippen LogP) is 2.77. The van der Waals surface area contributed by atoms with Gasteiger partial charge in [0, 0.05) is 25.2 Å². The van der Waals surface area contributed by atoms with Crippen molar-refractivity contribution < 1.29 is 9.53 Å². The standard InChI is InChI=1S/C18H21N3O2S/c1-23-16-9-7-15(8-10-16)20-18(24)21(12-11-17(19)22)13-14-5-3-2-4-6-14/h2-10H,11-13H2,1H3,(H2,19,22)(H,20,24). The van der Waals surface area contributed by atoms with Crippen LogP contribution in [0.4, 0.5) is 5.69 Å². The number of nitrogens with zero attached hydrogens (tertiary/aromatic N) is 1. The monoisotopic (exact) mass is 343 g/mol. The summed E-state index contributed by atoms with van der Waals surface area (Å²) in [5, 5.41) is 3.73. The van der Waals surface area contributed by atoms with Crippen LogP contribution in [0.2, 0.25) is 0 Å². The summed E-state index contributed by atoms with van der Waals surface area (Å²) < 4.78 is 5.14. The number of anilines is 1. The first kappa shape index (κ1) is 17.7. The minimum absolute atomic E-state index is 0.247. The second-order valence-corrected chi connectivity index (χ2v) is 5.67. The molecule has 1 amide bonds. The number of carbonyl (C=O) groups is 1. The van der Waals surface area contributed by atoms with E-state index in [9.17, 15) is 4.79 Å². The number of benzene rings is 2. The summed E-state index contributed by atoms with van der Waals surface area (Å²) >= 11 is 5.50. The number of thiocarbonyl (C=S) groups is 1. The molecule has 5 nitrogen and oxygen atoms in total. The first-order valence-electron chi connectivity index (χ1n) is 7.60. The molecule has 6 heteroatoms. The third kappa shape index (κ3) is 5.55. The Kier molecular flexibility index (Phi) is 6.57. The van der Waals surface area contributed by atoms with Gasteiger partial charge >= 0.3 is 0 Å². The molecular formula is C18H21N3O2S. The molecule has 0 aliphatic heterocycles. The quantitative estimate of drug-likeness (QED) is 0.757. The summed E-state index contributed by atoms with van der Waals surface area (Å²) in [6.07, 6.45) is 0.247. The lowest BCUT2D eigenvalue weighted by molar-refractivity contribution is -0.118. The number of primary amides is 1. The Labute approximate surface area is 147 Å². The summed E-state index contributed by atoms with van der Waals surface area (Å²) in [6, 6.07) is 17.4. The zero-order chi connectivity index (χ0) is 17.4. The van der Waals surface area contributed by atoms with E-state index in [2.05, 4.69) is 5.32 Å². The number of hydrogen-bond acceptors (Lipinski definition) is 3. The third-order valence-corrected chi connectivity index (χ3v) is 3.83. The first-order chi connectivity index (χ1) is 11.6. The molecular weight excluding hydrogens is 322 g/mol. The first-order valence-corrected chi connectivity index (χ1v) is 8.01. The molecule has 0 saturated heterocycles. The van der Waals surface area contributed by atoms with E-state index in [1.165, 1.54) is 0 Å². The lowest BCUT2D eigenvalue weighted by Gasteiger charge is -2.25. The minimum Gasteiger partial charge on any atom is -0.497 e. The van der Waals surface area contributed by atoms with Crippen molar-refractivity contribution in [3.05, 3.63) is 60.2 Å². The highest BCUT2D eigenvalue weighted by Crippen LogP contribution is 2.16. The number of methoxy groups -OCH3 is 1. The van der Waals surface area contributed by atoms with Crippen LogP contribution in [0.5, 0.6) is 5.75 Å². The van der Waals surface area contributed by atoms with E-state index in [0.29, 0.717) is 18.2 Å². The highest BCUT2D eigenvalue weighted by molar-refractivity contribution is 7.80. The number of nitrogens with one attached hydrogen (secondary N) is 1. The van der Waals surface area contributed by atoms with Crippen molar-refractivity contribution in [3.8, 4) is 5.75 Å². The van der Waals surface area contributed by atoms with Crippen LogP contribution in [0.1, 0.15) is 12.0 Å². The SMILES string of the molecule is COc1ccc(NC(=S)N(CCC(N)=O)Cc2ccccc2)cc1. The summed E-state index contributed by atoms with van der Waals surface area (Å²) in [5.41, 5.74) is 7.25. The summed E-state index contributed by atoms with van der Waals surface area (Å²) in [7, 11) is 1.62. The molecule has 2 aromatic carbocycles. The fourth-order valence-corrected chi connectivity index (χ4v) is 2.45. The molecule has 0 bridgehead atoms. The Morgan fingerprint density at radius 2 is 1.83 bits per heavy atom. The molecule has 0 aliphatic rings. The average Bonchev–Trinajstić information content (AvgIpc) is 2.60. The van der Waals surface area contributed by atoms with Gasteiger partial charge in [-0.1, -0.05) is 30.3 Å². The summed E-state index contributed by atoms with van der Waals surface area (Å²) in [4.78, 5) is 13.1. The number of ether oxygens (including phenoxy) is 1. The van der Waals surface area contributed by atoms with Gasteiger partial charge in [0.25, 0.3) is 0 Å². The second-order valence-electron chi connectivity index (χ2n) is 5.28. The molecule has 3 N–H and O–H groups in total. The van der Waals surface area contributed by atoms with Gasteiger partial charge in [-0.25, -0.2) is 0 Å². The topological polar surface area (TPSA) is 67.6 Å². The number of rotatable bonds is 7. The molecule has 0 fully saturated rings. The highest BCUT2D eigenvalue weighted by Gasteiger charge is 2.12. The van der Waals surface area contributed by atoms with E-state index in [-0.39, 0.29) is 12.3 Å². The number of carbonyl (C=O) groups excluding carboxylic acids is 1. The van der Waals surface area contributed by atoms with Gasteiger partial charge in [-0.05, 0) is 42.0 Å². The van der Waals surface area contributed by atoms with Gasteiger partial charge in [0.1, 0.15) is 5.75 Å². The average molecular weight is 343 g/mol. The zero-order valence-electron chi connectivity index (χ0n) is 13.6. The molecule has 0 aromatic heterocycles. The van der Waals surface area contributed by atoms with Gasteiger partial charge in [-0.2, -0.15) is 0 Å². The van der Waals surface area contributed by atoms with Crippen molar-refractivity contribution in [1.82, 2.24) is 4.90 Å². The molecule has 2 aromatic rings. The van der Waals surface area contributed by atoms with Crippen molar-refractivity contribution in [2.75, 3.05) is 19.0 Å². The lowest BCUT2D eigenvalue weighted by Crippen LogP contribution is -2.36. The third-order valence-electron chi connectivity index (χ3n) is 3.47. The fourth-order valence-electron chi connectivity index (χ4n) is 2.18. The van der Waals surface area contributed by atoms with Crippen molar-refractivity contribution >= 4 is 28.9 Å². The van der Waals surface area contributed by atoms with Gasteiger partial charge in [0.2, 0.25) is 5.91 Å². The maximum Gasteiger partial charge on any atom is 0.219 e. The molecule has 0 aliphatic carbocycles. The van der Waals surface area contributed by atoms with Crippen LogP contribution in [-0.2, 0) is 11.3 Å². The molecule has 0 spiro atoms. The normalized spacial score (nSPS) is 10.0. The van der Waals surface area contributed by atoms with Crippen LogP contribution in [0.3, 0.4) is 0 Å². The molecule has 0 saturated carbocycles. The van der Waals surface area contributed by atoms with Gasteiger partial charge in [-0.3, -0.25) is 4.79 Å². The van der Waals surface area contributed by atoms with Gasteiger partial charge in [-0.15, -0.1) is 0 Å². The van der Waals surface area contributed by atoms with Gasteiger partial charge < -0.3 is 20.7 Å². The Morgan fingerprint density at radius 1 is 1.17 bits per heavy atom. The zero-order valence-corrected chi connectivity index (χ0v) is 14.4. The Balaban J connectivity index is 2.06. The maximum absolute atomic E-state index is 11.1. The van der Waals surface area contributed by atoms with Crippen LogP contribution >= 0.6 is 12.2 Å². The smallest absolute Gasteiger partial charge is 0.219 e. The van der Waals surface area contributed by atoms with E-state index in [0.717, 1.165) is 17.0 Å². The Hall–Kier alpha value is -2.60. The van der Waals surface area contributed by atoms with E-state index in [1.807, 2.05) is 59.5 Å². The second kappa shape index (κ2) is 8.88. The number of nitrogens with two attached hydrogens (primary N) is 1. The summed E-state index contributed by atoms with van der Waals surface area (Å²) in [5.74, 6) is 0.432. The maximum atomic E-state index is 11.1. The minimum atomic E-state index is -0.347. The number of amides is 1. The van der Waals surface area contributed by atoms with Crippen molar-refractivity contribution in [3.63, 3.8) is 0 Å². The van der Waals surface area contributed by atoms with Crippen molar-refractivity contribution in [2.24, 2.45) is 5.73 Å². The molecule has 126 valence electrons.